The Hall–Kier alpha value is -3.34. The number of aromatic nitrogens is 3. The molecular weight excluding hydrogens is 442 g/mol. The van der Waals surface area contributed by atoms with Crippen molar-refractivity contribution in [2.75, 3.05) is 10.5 Å². The number of hydrogen-bond donors (Lipinski definition) is 1. The van der Waals surface area contributed by atoms with Crippen LogP contribution in [-0.4, -0.2) is 28.7 Å². The van der Waals surface area contributed by atoms with Gasteiger partial charge in [0.25, 0.3) is 0 Å². The van der Waals surface area contributed by atoms with Crippen LogP contribution in [0.1, 0.15) is 25.3 Å². The fourth-order valence-corrected chi connectivity index (χ4v) is 4.01. The average Bonchev–Trinajstić information content (AvgIpc) is 2.74. The molecule has 0 fully saturated rings. The van der Waals surface area contributed by atoms with Crippen molar-refractivity contribution in [1.82, 2.24) is 14.5 Å². The smallest absolute Gasteiger partial charge is 0.324 e. The summed E-state index contributed by atoms with van der Waals surface area (Å²) < 4.78 is 62.0. The first kappa shape index (κ1) is 23.3. The Labute approximate surface area is 184 Å². The maximum Gasteiger partial charge on any atom is 0.324 e. The molecule has 0 aliphatic heterocycles. The van der Waals surface area contributed by atoms with Crippen LogP contribution in [0.3, 0.4) is 0 Å². The highest BCUT2D eigenvalue weighted by molar-refractivity contribution is 7.92. The van der Waals surface area contributed by atoms with E-state index in [1.165, 1.54) is 35.9 Å². The number of ether oxygens (including phenoxy) is 1. The molecular formula is C21H22F2N4O4S. The maximum absolute atomic E-state index is 14.3. The van der Waals surface area contributed by atoms with E-state index in [0.29, 0.717) is 18.4 Å². The molecule has 11 heteroatoms. The molecule has 0 atom stereocenters. The van der Waals surface area contributed by atoms with Crippen molar-refractivity contribution >= 4 is 15.8 Å². The van der Waals surface area contributed by atoms with Gasteiger partial charge in [0.2, 0.25) is 15.6 Å². The summed E-state index contributed by atoms with van der Waals surface area (Å²) >= 11 is 0. The molecule has 0 bridgehead atoms. The van der Waals surface area contributed by atoms with Gasteiger partial charge in [-0.05, 0) is 31.5 Å². The third-order valence-electron chi connectivity index (χ3n) is 4.60. The van der Waals surface area contributed by atoms with Gasteiger partial charge < -0.3 is 9.30 Å². The molecule has 2 heterocycles. The van der Waals surface area contributed by atoms with Crippen molar-refractivity contribution in [3.05, 3.63) is 64.1 Å². The highest BCUT2D eigenvalue weighted by atomic mass is 32.2. The van der Waals surface area contributed by atoms with Gasteiger partial charge in [-0.25, -0.2) is 17.2 Å². The largest absolute Gasteiger partial charge is 0.421 e. The van der Waals surface area contributed by atoms with Crippen molar-refractivity contribution in [2.24, 2.45) is 7.05 Å². The van der Waals surface area contributed by atoms with Crippen LogP contribution >= 0.6 is 0 Å². The topological polar surface area (TPSA) is 103 Å². The minimum Gasteiger partial charge on any atom is -0.421 e. The Bertz CT molecular complexity index is 1310. The highest BCUT2D eigenvalue weighted by Gasteiger charge is 2.18. The van der Waals surface area contributed by atoms with E-state index in [0.717, 1.165) is 12.1 Å². The second-order valence-corrected chi connectivity index (χ2v) is 8.99. The van der Waals surface area contributed by atoms with Crippen LogP contribution in [0.15, 0.2) is 41.3 Å². The Morgan fingerprint density at radius 1 is 1.12 bits per heavy atom. The number of nitrogens with one attached hydrogen (secondary N) is 1. The fourth-order valence-electron chi connectivity index (χ4n) is 2.81. The number of hydrogen-bond acceptors (Lipinski definition) is 6. The van der Waals surface area contributed by atoms with Crippen LogP contribution in [0.25, 0.3) is 11.3 Å². The number of unbranched alkanes of at least 4 members (excludes halogenated alkanes) is 1. The number of nitrogens with zero attached hydrogens (tertiary/aromatic N) is 3. The summed E-state index contributed by atoms with van der Waals surface area (Å²) in [6, 6.07) is 5.66. The first-order valence-corrected chi connectivity index (χ1v) is 11.4. The minimum absolute atomic E-state index is 0.0915. The molecule has 0 unspecified atom stereocenters. The number of pyridine rings is 1. The number of benzene rings is 1. The molecule has 2 aromatic heterocycles. The van der Waals surface area contributed by atoms with E-state index >= 15 is 0 Å². The van der Waals surface area contributed by atoms with Crippen LogP contribution in [0.4, 0.5) is 14.6 Å². The quantitative estimate of drug-likeness (QED) is 0.545. The predicted octanol–water partition coefficient (Wildman–Crippen LogP) is 3.76. The Kier molecular flexibility index (Phi) is 6.87. The van der Waals surface area contributed by atoms with Gasteiger partial charge in [0.15, 0.2) is 11.6 Å². The molecule has 32 heavy (non-hydrogen) atoms. The normalized spacial score (nSPS) is 11.4. The standard InChI is InChI=1S/C21H22F2N4O4S/c1-4-5-10-32(29,30)26-18-11-17(14-6-9-19(28)27(3)12-14)24-21(25-18)31-20-13(2)15(22)7-8-16(20)23/h6-9,11-12H,4-5,10H2,1-3H3,(H,24,25,26). The second-order valence-electron chi connectivity index (χ2n) is 7.15. The fraction of sp³-hybridized carbons (Fsp3) is 0.286. The minimum atomic E-state index is -3.71. The average molecular weight is 464 g/mol. The van der Waals surface area contributed by atoms with E-state index in [9.17, 15) is 22.0 Å². The lowest BCUT2D eigenvalue weighted by Crippen LogP contribution is -2.18. The van der Waals surface area contributed by atoms with Crippen molar-refractivity contribution in [2.45, 2.75) is 26.7 Å². The molecule has 1 N–H and O–H groups in total. The van der Waals surface area contributed by atoms with Gasteiger partial charge in [0.1, 0.15) is 11.6 Å². The van der Waals surface area contributed by atoms with Gasteiger partial charge in [-0.15, -0.1) is 0 Å². The molecule has 0 saturated heterocycles. The van der Waals surface area contributed by atoms with E-state index in [2.05, 4.69) is 14.7 Å². The van der Waals surface area contributed by atoms with Crippen molar-refractivity contribution < 1.29 is 21.9 Å². The van der Waals surface area contributed by atoms with E-state index in [1.807, 2.05) is 6.92 Å². The summed E-state index contributed by atoms with van der Waals surface area (Å²) in [5, 5.41) is 0. The zero-order valence-corrected chi connectivity index (χ0v) is 18.5. The maximum atomic E-state index is 14.3. The molecule has 3 rings (SSSR count). The van der Waals surface area contributed by atoms with Crippen LogP contribution < -0.4 is 15.0 Å². The number of aryl methyl sites for hydroxylation is 1. The lowest BCUT2D eigenvalue weighted by molar-refractivity contribution is 0.403. The van der Waals surface area contributed by atoms with E-state index in [1.54, 1.807) is 7.05 Å². The number of halogens is 2. The van der Waals surface area contributed by atoms with Gasteiger partial charge in [-0.1, -0.05) is 13.3 Å². The van der Waals surface area contributed by atoms with Crippen LogP contribution in [-0.2, 0) is 17.1 Å². The summed E-state index contributed by atoms with van der Waals surface area (Å²) in [5.74, 6) is -2.15. The predicted molar refractivity (Wildman–Crippen MR) is 116 cm³/mol. The molecule has 0 spiro atoms. The van der Waals surface area contributed by atoms with E-state index in [4.69, 9.17) is 4.74 Å². The van der Waals surface area contributed by atoms with Gasteiger partial charge in [0.05, 0.1) is 11.4 Å². The van der Waals surface area contributed by atoms with E-state index in [-0.39, 0.29) is 28.4 Å². The Balaban J connectivity index is 2.09. The molecule has 0 amide bonds. The molecule has 0 aliphatic rings. The molecule has 1 aromatic carbocycles. The Morgan fingerprint density at radius 2 is 1.84 bits per heavy atom. The summed E-state index contributed by atoms with van der Waals surface area (Å²) in [6.07, 6.45) is 2.63. The monoisotopic (exact) mass is 464 g/mol. The summed E-state index contributed by atoms with van der Waals surface area (Å²) in [4.78, 5) is 19.9. The highest BCUT2D eigenvalue weighted by Crippen LogP contribution is 2.30. The van der Waals surface area contributed by atoms with Gasteiger partial charge in [0, 0.05) is 36.5 Å². The SMILES string of the molecule is CCCCS(=O)(=O)Nc1cc(-c2ccc(=O)n(C)c2)nc(Oc2c(F)ccc(F)c2C)n1. The number of sulfonamides is 1. The summed E-state index contributed by atoms with van der Waals surface area (Å²) in [7, 11) is -2.16. The summed E-state index contributed by atoms with van der Waals surface area (Å²) in [6.45, 7) is 3.19. The van der Waals surface area contributed by atoms with Crippen molar-refractivity contribution in [3.8, 4) is 23.0 Å². The molecule has 3 aromatic rings. The third-order valence-corrected chi connectivity index (χ3v) is 5.95. The molecule has 0 saturated carbocycles. The lowest BCUT2D eigenvalue weighted by atomic mass is 10.2. The van der Waals surface area contributed by atoms with Crippen LogP contribution in [0, 0.1) is 18.6 Å². The Morgan fingerprint density at radius 3 is 2.53 bits per heavy atom. The molecule has 0 aliphatic carbocycles. The van der Waals surface area contributed by atoms with Crippen molar-refractivity contribution in [1.29, 1.82) is 0 Å². The third kappa shape index (κ3) is 5.47. The van der Waals surface area contributed by atoms with Crippen molar-refractivity contribution in [3.63, 3.8) is 0 Å². The van der Waals surface area contributed by atoms with Crippen LogP contribution in [0.5, 0.6) is 11.8 Å². The van der Waals surface area contributed by atoms with Gasteiger partial charge >= 0.3 is 6.01 Å². The summed E-state index contributed by atoms with van der Waals surface area (Å²) in [5.41, 5.74) is 0.335. The molecule has 170 valence electrons. The lowest BCUT2D eigenvalue weighted by Gasteiger charge is -2.13. The van der Waals surface area contributed by atoms with E-state index < -0.39 is 33.4 Å². The first-order chi connectivity index (χ1) is 15.1. The zero-order chi connectivity index (χ0) is 23.5. The first-order valence-electron chi connectivity index (χ1n) is 9.78. The number of rotatable bonds is 8. The molecule has 0 radical (unpaired) electrons. The van der Waals surface area contributed by atoms with Crippen LogP contribution in [0.2, 0.25) is 0 Å². The number of anilines is 1. The van der Waals surface area contributed by atoms with Gasteiger partial charge in [-0.3, -0.25) is 9.52 Å². The second kappa shape index (κ2) is 9.43. The zero-order valence-electron chi connectivity index (χ0n) is 17.7. The molecule has 8 nitrogen and oxygen atoms in total. The van der Waals surface area contributed by atoms with Gasteiger partial charge in [-0.2, -0.15) is 9.97 Å².